The number of aromatic amines is 1. The second-order valence-electron chi connectivity index (χ2n) is 8.50. The van der Waals surface area contributed by atoms with Crippen molar-refractivity contribution < 1.29 is 0 Å². The molecule has 27 heavy (non-hydrogen) atoms. The number of nitrogens with one attached hydrogen (secondary N) is 2. The summed E-state index contributed by atoms with van der Waals surface area (Å²) < 4.78 is 0. The molecule has 4 heteroatoms. The first-order valence-corrected chi connectivity index (χ1v) is 9.57. The average Bonchev–Trinajstić information content (AvgIpc) is 2.61. The molecule has 0 unspecified atom stereocenters. The lowest BCUT2D eigenvalue weighted by Crippen LogP contribution is -2.27. The lowest BCUT2D eigenvalue weighted by molar-refractivity contribution is 0.405. The molecule has 3 rings (SSSR count). The maximum Gasteiger partial charge on any atom is 0.258 e. The predicted molar refractivity (Wildman–Crippen MR) is 112 cm³/mol. The molecule has 0 bridgehead atoms. The molecule has 2 N–H and O–H groups in total. The molecule has 0 saturated heterocycles. The highest BCUT2D eigenvalue weighted by atomic mass is 16.1. The minimum absolute atomic E-state index is 0.0898. The van der Waals surface area contributed by atoms with E-state index in [1.807, 2.05) is 18.2 Å². The third kappa shape index (κ3) is 4.45. The van der Waals surface area contributed by atoms with E-state index in [-0.39, 0.29) is 17.0 Å². The Morgan fingerprint density at radius 2 is 1.70 bits per heavy atom. The fourth-order valence-corrected chi connectivity index (χ4v) is 3.35. The first-order valence-electron chi connectivity index (χ1n) is 9.57. The highest BCUT2D eigenvalue weighted by Crippen LogP contribution is 2.27. The van der Waals surface area contributed by atoms with Gasteiger partial charge in [-0.25, -0.2) is 4.98 Å². The third-order valence-corrected chi connectivity index (χ3v) is 4.95. The van der Waals surface area contributed by atoms with Gasteiger partial charge in [0.15, 0.2) is 0 Å². The van der Waals surface area contributed by atoms with E-state index in [1.165, 1.54) is 11.1 Å². The molecule has 0 aliphatic rings. The first-order chi connectivity index (χ1) is 12.8. The van der Waals surface area contributed by atoms with Crippen molar-refractivity contribution in [1.82, 2.24) is 15.3 Å². The number of H-pyrrole nitrogens is 1. The van der Waals surface area contributed by atoms with E-state index in [9.17, 15) is 4.79 Å². The van der Waals surface area contributed by atoms with Gasteiger partial charge >= 0.3 is 0 Å². The smallest absolute Gasteiger partial charge is 0.258 e. The van der Waals surface area contributed by atoms with E-state index in [0.717, 1.165) is 5.52 Å². The van der Waals surface area contributed by atoms with Gasteiger partial charge in [-0.15, -0.1) is 0 Å². The number of rotatable bonds is 5. The number of hydrogen-bond acceptors (Lipinski definition) is 3. The zero-order valence-electron chi connectivity index (χ0n) is 16.8. The van der Waals surface area contributed by atoms with E-state index in [1.54, 1.807) is 6.07 Å². The van der Waals surface area contributed by atoms with Crippen molar-refractivity contribution in [2.45, 2.75) is 52.6 Å². The van der Waals surface area contributed by atoms with Crippen molar-refractivity contribution in [3.05, 3.63) is 75.8 Å². The fourth-order valence-electron chi connectivity index (χ4n) is 3.35. The van der Waals surface area contributed by atoms with Gasteiger partial charge in [-0.3, -0.25) is 4.79 Å². The molecule has 0 aliphatic heterocycles. The summed E-state index contributed by atoms with van der Waals surface area (Å²) in [6, 6.07) is 16.4. The van der Waals surface area contributed by atoms with Crippen LogP contribution in [0.2, 0.25) is 0 Å². The molecule has 1 aromatic heterocycles. The van der Waals surface area contributed by atoms with Gasteiger partial charge in [0.1, 0.15) is 5.82 Å². The molecule has 0 aliphatic carbocycles. The lowest BCUT2D eigenvalue weighted by atomic mass is 9.85. The molecule has 1 heterocycles. The van der Waals surface area contributed by atoms with Crippen molar-refractivity contribution >= 4 is 10.9 Å². The molecule has 0 spiro atoms. The van der Waals surface area contributed by atoms with Crippen LogP contribution in [0.15, 0.2) is 53.3 Å². The molecular formula is C23H29N3O. The number of benzene rings is 2. The van der Waals surface area contributed by atoms with Crippen LogP contribution < -0.4 is 10.9 Å². The van der Waals surface area contributed by atoms with E-state index >= 15 is 0 Å². The number of nitrogens with zero attached hydrogens (tertiary/aromatic N) is 1. The van der Waals surface area contributed by atoms with Crippen molar-refractivity contribution in [2.24, 2.45) is 5.92 Å². The molecule has 3 aromatic rings. The van der Waals surface area contributed by atoms with Gasteiger partial charge in [0.25, 0.3) is 5.56 Å². The van der Waals surface area contributed by atoms with Crippen molar-refractivity contribution in [2.75, 3.05) is 0 Å². The minimum Gasteiger partial charge on any atom is -0.309 e. The summed E-state index contributed by atoms with van der Waals surface area (Å²) in [5.74, 6) is 1.08. The Hall–Kier alpha value is -2.46. The molecule has 142 valence electrons. The third-order valence-electron chi connectivity index (χ3n) is 4.95. The highest BCUT2D eigenvalue weighted by Gasteiger charge is 2.18. The number of hydrogen-bond donors (Lipinski definition) is 2. The van der Waals surface area contributed by atoms with Crippen LogP contribution in [0.25, 0.3) is 10.9 Å². The Balaban J connectivity index is 1.80. The fraction of sp³-hybridized carbons (Fsp3) is 0.391. The number of para-hydroxylation sites is 1. The SMILES string of the molecule is CC(C)[C@@H](NCc1nc2ccccc2c(=O)[nH]1)c1ccc(C(C)(C)C)cc1. The summed E-state index contributed by atoms with van der Waals surface area (Å²) in [5, 5.41) is 4.19. The number of fused-ring (bicyclic) bond motifs is 1. The Morgan fingerprint density at radius 1 is 1.04 bits per heavy atom. The minimum atomic E-state index is -0.0898. The summed E-state index contributed by atoms with van der Waals surface area (Å²) in [5.41, 5.74) is 3.37. The lowest BCUT2D eigenvalue weighted by Gasteiger charge is -2.25. The summed E-state index contributed by atoms with van der Waals surface area (Å²) in [6.07, 6.45) is 0. The molecule has 0 fully saturated rings. The molecular weight excluding hydrogens is 334 g/mol. The van der Waals surface area contributed by atoms with Gasteiger partial charge in [0.2, 0.25) is 0 Å². The largest absolute Gasteiger partial charge is 0.309 e. The second kappa shape index (κ2) is 7.65. The normalized spacial score (nSPS) is 13.3. The van der Waals surface area contributed by atoms with Gasteiger partial charge < -0.3 is 10.3 Å². The van der Waals surface area contributed by atoms with Gasteiger partial charge in [-0.1, -0.05) is 71.0 Å². The first kappa shape index (κ1) is 19.3. The van der Waals surface area contributed by atoms with Crippen LogP contribution in [0.1, 0.15) is 57.6 Å². The zero-order chi connectivity index (χ0) is 19.6. The summed E-state index contributed by atoms with van der Waals surface area (Å²) in [4.78, 5) is 19.7. The standard InChI is InChI=1S/C23H29N3O/c1-15(2)21(16-10-12-17(13-11-16)23(3,4)5)24-14-20-25-19-9-7-6-8-18(19)22(27)26-20/h6-13,15,21,24H,14H2,1-5H3,(H,25,26,27)/t21-/m1/s1. The maximum absolute atomic E-state index is 12.3. The van der Waals surface area contributed by atoms with Gasteiger partial charge in [-0.05, 0) is 34.6 Å². The van der Waals surface area contributed by atoms with Crippen molar-refractivity contribution in [3.63, 3.8) is 0 Å². The Bertz CT molecular complexity index is 965. The molecule has 4 nitrogen and oxygen atoms in total. The topological polar surface area (TPSA) is 57.8 Å². The molecule has 0 saturated carbocycles. The van der Waals surface area contributed by atoms with Crippen LogP contribution in [0.5, 0.6) is 0 Å². The van der Waals surface area contributed by atoms with Crippen LogP contribution in [-0.4, -0.2) is 9.97 Å². The van der Waals surface area contributed by atoms with Gasteiger partial charge in [0.05, 0.1) is 17.4 Å². The quantitative estimate of drug-likeness (QED) is 0.690. The average molecular weight is 364 g/mol. The van der Waals surface area contributed by atoms with Gasteiger partial charge in [0, 0.05) is 6.04 Å². The van der Waals surface area contributed by atoms with Crippen LogP contribution in [0.3, 0.4) is 0 Å². The van der Waals surface area contributed by atoms with E-state index in [4.69, 9.17) is 0 Å². The van der Waals surface area contributed by atoms with Crippen molar-refractivity contribution in [1.29, 1.82) is 0 Å². The van der Waals surface area contributed by atoms with E-state index in [2.05, 4.69) is 74.2 Å². The van der Waals surface area contributed by atoms with Crippen LogP contribution in [-0.2, 0) is 12.0 Å². The molecule has 0 amide bonds. The van der Waals surface area contributed by atoms with Gasteiger partial charge in [-0.2, -0.15) is 0 Å². The predicted octanol–water partition coefficient (Wildman–Crippen LogP) is 4.71. The molecule has 0 radical (unpaired) electrons. The summed E-state index contributed by atoms with van der Waals surface area (Å²) in [6.45, 7) is 11.6. The van der Waals surface area contributed by atoms with Crippen LogP contribution in [0, 0.1) is 5.92 Å². The molecule has 1 atom stereocenters. The Labute approximate surface area is 161 Å². The molecule has 2 aromatic carbocycles. The van der Waals surface area contributed by atoms with E-state index in [0.29, 0.717) is 23.7 Å². The Kier molecular flexibility index (Phi) is 5.47. The highest BCUT2D eigenvalue weighted by molar-refractivity contribution is 5.77. The maximum atomic E-state index is 12.3. The van der Waals surface area contributed by atoms with Crippen molar-refractivity contribution in [3.8, 4) is 0 Å². The summed E-state index contributed by atoms with van der Waals surface area (Å²) >= 11 is 0. The number of aromatic nitrogens is 2. The van der Waals surface area contributed by atoms with Crippen LogP contribution in [0.4, 0.5) is 0 Å². The second-order valence-corrected chi connectivity index (χ2v) is 8.50. The Morgan fingerprint density at radius 3 is 2.33 bits per heavy atom. The zero-order valence-corrected chi connectivity index (χ0v) is 16.8. The monoisotopic (exact) mass is 363 g/mol. The summed E-state index contributed by atoms with van der Waals surface area (Å²) in [7, 11) is 0. The van der Waals surface area contributed by atoms with E-state index < -0.39 is 0 Å². The van der Waals surface area contributed by atoms with Crippen LogP contribution >= 0.6 is 0 Å².